The Morgan fingerprint density at radius 3 is 2.30 bits per heavy atom. The first-order valence-corrected chi connectivity index (χ1v) is 11.0. The molecule has 166 valence electrons. The van der Waals surface area contributed by atoms with Crippen LogP contribution < -0.4 is 0 Å². The maximum Gasteiger partial charge on any atom is 0.281 e. The van der Waals surface area contributed by atoms with Gasteiger partial charge in [-0.1, -0.05) is 29.3 Å². The highest BCUT2D eigenvalue weighted by Crippen LogP contribution is 2.32. The average molecular weight is 479 g/mol. The molecule has 0 aliphatic rings. The molecule has 1 aromatic carbocycles. The molecule has 12 heteroatoms. The molecule has 0 aliphatic carbocycles. The van der Waals surface area contributed by atoms with Gasteiger partial charge < -0.3 is 19.7 Å². The summed E-state index contributed by atoms with van der Waals surface area (Å²) in [7, 11) is 2.13. The quantitative estimate of drug-likeness (QED) is 0.604. The van der Waals surface area contributed by atoms with Crippen LogP contribution in [0.15, 0.2) is 24.4 Å². The lowest BCUT2D eigenvalue weighted by Gasteiger charge is -2.21. The molecule has 0 fully saturated rings. The predicted molar refractivity (Wildman–Crippen MR) is 115 cm³/mol. The Morgan fingerprint density at radius 1 is 1.10 bits per heavy atom. The van der Waals surface area contributed by atoms with Crippen molar-refractivity contribution < 1.29 is 23.4 Å². The first-order chi connectivity index (χ1) is 13.9. The lowest BCUT2D eigenvalue weighted by atomic mass is 10.2. The number of rotatable bonds is 8. The SMILES string of the molecule is CN(Cc1ccc(Cl)c(Cl)c1)C(=O)c1cn(CCN(C)S(=O)(=O)N(C)C)c(O)c1O. The highest BCUT2D eigenvalue weighted by atomic mass is 35.5. The van der Waals surface area contributed by atoms with Crippen LogP contribution in [-0.2, 0) is 23.3 Å². The molecule has 1 aromatic heterocycles. The number of benzene rings is 1. The zero-order chi connectivity index (χ0) is 22.8. The van der Waals surface area contributed by atoms with Crippen molar-refractivity contribution in [1.29, 1.82) is 0 Å². The van der Waals surface area contributed by atoms with Crippen molar-refractivity contribution in [2.45, 2.75) is 13.1 Å². The molecular weight excluding hydrogens is 455 g/mol. The number of carbonyl (C=O) groups excluding carboxylic acids is 1. The van der Waals surface area contributed by atoms with Crippen LogP contribution in [0.1, 0.15) is 15.9 Å². The highest BCUT2D eigenvalue weighted by Gasteiger charge is 2.25. The summed E-state index contributed by atoms with van der Waals surface area (Å²) in [5, 5.41) is 21.1. The summed E-state index contributed by atoms with van der Waals surface area (Å²) in [6.45, 7) is 0.257. The molecule has 9 nitrogen and oxygen atoms in total. The predicted octanol–water partition coefficient (Wildman–Crippen LogP) is 2.22. The lowest BCUT2D eigenvalue weighted by Crippen LogP contribution is -2.38. The second kappa shape index (κ2) is 9.44. The third-order valence-corrected chi connectivity index (χ3v) is 7.15. The van der Waals surface area contributed by atoms with Gasteiger partial charge in [-0.2, -0.15) is 17.0 Å². The monoisotopic (exact) mass is 478 g/mol. The molecule has 2 aromatic rings. The first-order valence-electron chi connectivity index (χ1n) is 8.80. The number of amides is 1. The van der Waals surface area contributed by atoms with Crippen LogP contribution in [0, 0.1) is 0 Å². The van der Waals surface area contributed by atoms with Crippen LogP contribution in [-0.4, -0.2) is 77.4 Å². The Balaban J connectivity index is 2.14. The second-order valence-electron chi connectivity index (χ2n) is 6.93. The van der Waals surface area contributed by atoms with Crippen molar-refractivity contribution in [3.05, 3.63) is 45.6 Å². The van der Waals surface area contributed by atoms with Crippen molar-refractivity contribution >= 4 is 39.3 Å². The van der Waals surface area contributed by atoms with E-state index >= 15 is 0 Å². The van der Waals surface area contributed by atoms with Crippen molar-refractivity contribution in [3.8, 4) is 11.6 Å². The van der Waals surface area contributed by atoms with Crippen LogP contribution in [0.2, 0.25) is 10.0 Å². The number of hydrogen-bond donors (Lipinski definition) is 2. The van der Waals surface area contributed by atoms with Gasteiger partial charge in [-0.3, -0.25) is 4.79 Å². The summed E-state index contributed by atoms with van der Waals surface area (Å²) >= 11 is 11.9. The van der Waals surface area contributed by atoms with Gasteiger partial charge in [0.25, 0.3) is 16.1 Å². The van der Waals surface area contributed by atoms with E-state index in [-0.39, 0.29) is 25.2 Å². The molecule has 30 heavy (non-hydrogen) atoms. The minimum atomic E-state index is -3.62. The molecule has 1 heterocycles. The van der Waals surface area contributed by atoms with Gasteiger partial charge in [0.05, 0.1) is 10.0 Å². The number of carbonyl (C=O) groups is 1. The normalized spacial score (nSPS) is 12.0. The summed E-state index contributed by atoms with van der Waals surface area (Å²) in [6.07, 6.45) is 1.29. The van der Waals surface area contributed by atoms with E-state index in [1.165, 1.54) is 43.9 Å². The molecule has 2 rings (SSSR count). The first kappa shape index (κ1) is 24.3. The van der Waals surface area contributed by atoms with E-state index in [0.29, 0.717) is 10.0 Å². The Bertz CT molecular complexity index is 1040. The minimum absolute atomic E-state index is 0.0228. The summed E-state index contributed by atoms with van der Waals surface area (Å²) < 4.78 is 27.5. The summed E-state index contributed by atoms with van der Waals surface area (Å²) in [4.78, 5) is 14.1. The molecule has 0 saturated carbocycles. The lowest BCUT2D eigenvalue weighted by molar-refractivity contribution is 0.0782. The van der Waals surface area contributed by atoms with Crippen molar-refractivity contribution in [3.63, 3.8) is 0 Å². The Kier molecular flexibility index (Phi) is 7.64. The fourth-order valence-electron chi connectivity index (χ4n) is 2.69. The maximum atomic E-state index is 12.7. The average Bonchev–Trinajstić information content (AvgIpc) is 2.96. The van der Waals surface area contributed by atoms with Crippen LogP contribution in [0.5, 0.6) is 11.6 Å². The van der Waals surface area contributed by atoms with Gasteiger partial charge in [-0.05, 0) is 17.7 Å². The fraction of sp³-hybridized carbons (Fsp3) is 0.389. The van der Waals surface area contributed by atoms with Gasteiger partial charge in [-0.15, -0.1) is 0 Å². The number of likely N-dealkylation sites (N-methyl/N-ethyl adjacent to an activating group) is 1. The minimum Gasteiger partial charge on any atom is -0.503 e. The van der Waals surface area contributed by atoms with E-state index in [0.717, 1.165) is 14.2 Å². The van der Waals surface area contributed by atoms with Crippen molar-refractivity contribution in [2.24, 2.45) is 0 Å². The van der Waals surface area contributed by atoms with Gasteiger partial charge in [0, 0.05) is 54.0 Å². The van der Waals surface area contributed by atoms with Crippen LogP contribution >= 0.6 is 23.2 Å². The molecule has 2 N–H and O–H groups in total. The zero-order valence-corrected chi connectivity index (χ0v) is 19.3. The largest absolute Gasteiger partial charge is 0.503 e. The molecule has 0 radical (unpaired) electrons. The zero-order valence-electron chi connectivity index (χ0n) is 17.0. The second-order valence-corrected chi connectivity index (χ2v) is 9.99. The highest BCUT2D eigenvalue weighted by molar-refractivity contribution is 7.86. The number of nitrogens with zero attached hydrogens (tertiary/aromatic N) is 4. The van der Waals surface area contributed by atoms with Crippen LogP contribution in [0.3, 0.4) is 0 Å². The van der Waals surface area contributed by atoms with Crippen LogP contribution in [0.25, 0.3) is 0 Å². The topological polar surface area (TPSA) is 106 Å². The fourth-order valence-corrected chi connectivity index (χ4v) is 3.88. The van der Waals surface area contributed by atoms with E-state index in [1.807, 2.05) is 0 Å². The van der Waals surface area contributed by atoms with Gasteiger partial charge in [-0.25, -0.2) is 0 Å². The molecule has 0 unspecified atom stereocenters. The van der Waals surface area contributed by atoms with Gasteiger partial charge >= 0.3 is 0 Å². The third kappa shape index (κ3) is 5.19. The van der Waals surface area contributed by atoms with Crippen molar-refractivity contribution in [2.75, 3.05) is 34.7 Å². The smallest absolute Gasteiger partial charge is 0.281 e. The standard InChI is InChI=1S/C18H24Cl2N4O5S/c1-21(2)30(28,29)23(4)7-8-24-11-13(16(25)18(24)27)17(26)22(3)10-12-5-6-14(19)15(20)9-12/h5-6,9,11,25,27H,7-8,10H2,1-4H3. The molecule has 0 atom stereocenters. The maximum absolute atomic E-state index is 12.7. The molecule has 0 saturated heterocycles. The van der Waals surface area contributed by atoms with Crippen LogP contribution in [0.4, 0.5) is 0 Å². The van der Waals surface area contributed by atoms with Crippen molar-refractivity contribution in [1.82, 2.24) is 18.1 Å². The Morgan fingerprint density at radius 2 is 1.73 bits per heavy atom. The number of aromatic hydroxyl groups is 2. The summed E-state index contributed by atoms with van der Waals surface area (Å²) in [6, 6.07) is 4.98. The molecule has 0 aliphatic heterocycles. The third-order valence-electron chi connectivity index (χ3n) is 4.52. The number of hydrogen-bond acceptors (Lipinski definition) is 5. The molecule has 0 spiro atoms. The van der Waals surface area contributed by atoms with Gasteiger partial charge in [0.2, 0.25) is 5.88 Å². The Labute approximate surface area is 185 Å². The van der Waals surface area contributed by atoms with E-state index in [4.69, 9.17) is 23.2 Å². The number of aromatic nitrogens is 1. The Hall–Kier alpha value is -1.98. The van der Waals surface area contributed by atoms with E-state index in [1.54, 1.807) is 18.2 Å². The molecule has 0 bridgehead atoms. The molecule has 1 amide bonds. The van der Waals surface area contributed by atoms with E-state index < -0.39 is 27.7 Å². The van der Waals surface area contributed by atoms with E-state index in [2.05, 4.69) is 0 Å². The van der Waals surface area contributed by atoms with E-state index in [9.17, 15) is 23.4 Å². The van der Waals surface area contributed by atoms with Gasteiger partial charge in [0.15, 0.2) is 5.75 Å². The van der Waals surface area contributed by atoms with Gasteiger partial charge in [0.1, 0.15) is 5.56 Å². The number of halogens is 2. The summed E-state index contributed by atoms with van der Waals surface area (Å²) in [5.74, 6) is -1.61. The molecular formula is C18H24Cl2N4O5S. The summed E-state index contributed by atoms with van der Waals surface area (Å²) in [5.41, 5.74) is 0.632.